The summed E-state index contributed by atoms with van der Waals surface area (Å²) in [5.41, 5.74) is 5.20. The van der Waals surface area contributed by atoms with Crippen LogP contribution in [0, 0.1) is 40.8 Å². The van der Waals surface area contributed by atoms with Gasteiger partial charge in [-0.05, 0) is 109 Å². The molecule has 0 bridgehead atoms. The van der Waals surface area contributed by atoms with E-state index in [4.69, 9.17) is 27.9 Å². The van der Waals surface area contributed by atoms with Crippen LogP contribution < -0.4 is 30.9 Å². The molecule has 10 rings (SSSR count). The first-order chi connectivity index (χ1) is 32.1. The molecule has 11 nitrogen and oxygen atoms in total. The summed E-state index contributed by atoms with van der Waals surface area (Å²) in [6, 6.07) is 20.6. The highest BCUT2D eigenvalue weighted by atomic mass is 35.5. The first-order valence-corrected chi connectivity index (χ1v) is 24.1. The zero-order valence-electron chi connectivity index (χ0n) is 38.1. The molecule has 4 aromatic carbocycles. The average molecular weight is 946 g/mol. The number of rotatable bonds is 8. The Morgan fingerprint density at radius 1 is 1.00 bits per heavy atom. The lowest BCUT2D eigenvalue weighted by atomic mass is 9.63. The number of hydrogen-bond donors (Lipinski definition) is 4. The minimum absolute atomic E-state index is 0.00794. The van der Waals surface area contributed by atoms with Gasteiger partial charge in [0.1, 0.15) is 17.6 Å². The van der Waals surface area contributed by atoms with Gasteiger partial charge in [-0.3, -0.25) is 24.5 Å². The monoisotopic (exact) mass is 944 g/mol. The maximum atomic E-state index is 16.3. The van der Waals surface area contributed by atoms with Gasteiger partial charge in [-0.15, -0.1) is 0 Å². The number of amides is 4. The summed E-state index contributed by atoms with van der Waals surface area (Å²) in [6.45, 7) is 9.06. The standard InChI is InChI=1S/C53H55Cl2FN6O5/c1-52(2,3)26-44-53(28-57-41-24-32(54)13-15-38(41)53)46(35-9-6-10-39(55)47(35)56)48(59-44)50(65)58-40-16-14-33(25-43(40)67-4)61-21-19-30(20-22-61)36-23-31(36)12-11-29-7-5-8-34-37(29)27-62(51(34)66)42-17-18-45(63)60-49(42)64/h5-10,13-16,24-25,30-31,36,42,44,46,48,57,59H,17-23,26-28H2,1-4H3,(H,58,65)(H,60,63,64)/t31-,36-,42?,44-,46-,48+,53-/m0/s1. The van der Waals surface area contributed by atoms with Crippen molar-refractivity contribution in [3.8, 4) is 17.6 Å². The fraction of sp³-hybridized carbons (Fsp3) is 0.434. The van der Waals surface area contributed by atoms with Gasteiger partial charge in [-0.2, -0.15) is 0 Å². The molecule has 4 fully saturated rings. The van der Waals surface area contributed by atoms with Crippen LogP contribution in [0.15, 0.2) is 72.8 Å². The molecule has 1 aliphatic carbocycles. The van der Waals surface area contributed by atoms with Gasteiger partial charge in [0.15, 0.2) is 0 Å². The molecule has 7 atom stereocenters. The van der Waals surface area contributed by atoms with E-state index in [1.54, 1.807) is 30.2 Å². The Morgan fingerprint density at radius 2 is 1.79 bits per heavy atom. The van der Waals surface area contributed by atoms with E-state index in [2.05, 4.69) is 58.8 Å². The lowest BCUT2D eigenvalue weighted by Crippen LogP contribution is -2.52. The molecule has 5 heterocycles. The van der Waals surface area contributed by atoms with E-state index in [9.17, 15) is 19.2 Å². The summed E-state index contributed by atoms with van der Waals surface area (Å²) in [7, 11) is 1.60. The summed E-state index contributed by atoms with van der Waals surface area (Å²) < 4.78 is 22.2. The third kappa shape index (κ3) is 8.31. The molecule has 14 heteroatoms. The second kappa shape index (κ2) is 17.5. The van der Waals surface area contributed by atoms with E-state index in [1.807, 2.05) is 48.5 Å². The van der Waals surface area contributed by atoms with Crippen molar-refractivity contribution in [3.63, 3.8) is 0 Å². The maximum absolute atomic E-state index is 16.3. The number of hydrogen-bond acceptors (Lipinski definition) is 8. The molecular formula is C53H55Cl2FN6O5. The number of imide groups is 1. The third-order valence-corrected chi connectivity index (χ3v) is 15.7. The van der Waals surface area contributed by atoms with Crippen molar-refractivity contribution >= 4 is 63.9 Å². The van der Waals surface area contributed by atoms with E-state index in [-0.39, 0.29) is 40.6 Å². The largest absolute Gasteiger partial charge is 0.494 e. The zero-order chi connectivity index (χ0) is 46.9. The topological polar surface area (TPSA) is 132 Å². The summed E-state index contributed by atoms with van der Waals surface area (Å²) in [6.07, 6.45) is 4.35. The zero-order valence-corrected chi connectivity index (χ0v) is 39.6. The van der Waals surface area contributed by atoms with Crippen molar-refractivity contribution in [1.29, 1.82) is 0 Å². The fourth-order valence-electron chi connectivity index (χ4n) is 11.8. The van der Waals surface area contributed by atoms with Gasteiger partial charge in [0.25, 0.3) is 5.91 Å². The number of ether oxygens (including phenoxy) is 1. The quantitative estimate of drug-likeness (QED) is 0.102. The van der Waals surface area contributed by atoms with Crippen molar-refractivity contribution in [3.05, 3.63) is 116 Å². The van der Waals surface area contributed by atoms with Gasteiger partial charge >= 0.3 is 0 Å². The molecule has 1 spiro atoms. The number of methoxy groups -OCH3 is 1. The van der Waals surface area contributed by atoms with Gasteiger partial charge in [0, 0.05) is 89.5 Å². The SMILES string of the molecule is COc1cc(N2CCC([C@@H]3C[C@@H]3C#Cc3cccc4c3CN(C3CCC(=O)NC3=O)C4=O)CC2)ccc1NC(=O)[C@@H]1N[C@@H](CC(C)(C)C)[C@@]2(CNc3cc(Cl)ccc32)[C@H]1c1cccc(Cl)c1F. The number of fused-ring (bicyclic) bond motifs is 3. The summed E-state index contributed by atoms with van der Waals surface area (Å²) in [4.78, 5) is 56.3. The van der Waals surface area contributed by atoms with E-state index in [0.717, 1.165) is 66.8 Å². The number of carbonyl (C=O) groups excluding carboxylic acids is 4. The minimum atomic E-state index is -0.823. The highest BCUT2D eigenvalue weighted by Crippen LogP contribution is 2.57. The van der Waals surface area contributed by atoms with Crippen molar-refractivity contribution in [1.82, 2.24) is 15.5 Å². The third-order valence-electron chi connectivity index (χ3n) is 15.1. The molecule has 4 N–H and O–H groups in total. The van der Waals surface area contributed by atoms with Crippen LogP contribution in [0.1, 0.15) is 97.8 Å². The number of piperidine rings is 2. The molecule has 1 saturated carbocycles. The van der Waals surface area contributed by atoms with Crippen LogP contribution in [0.5, 0.6) is 5.75 Å². The van der Waals surface area contributed by atoms with Crippen molar-refractivity contribution < 1.29 is 28.3 Å². The molecular weight excluding hydrogens is 891 g/mol. The Labute approximate surface area is 400 Å². The van der Waals surface area contributed by atoms with Gasteiger partial charge < -0.3 is 30.5 Å². The number of nitrogens with one attached hydrogen (secondary N) is 4. The Hall–Kier alpha value is -5.61. The molecule has 67 heavy (non-hydrogen) atoms. The van der Waals surface area contributed by atoms with E-state index in [1.165, 1.54) is 6.07 Å². The lowest BCUT2D eigenvalue weighted by molar-refractivity contribution is -0.137. The first-order valence-electron chi connectivity index (χ1n) is 23.4. The van der Waals surface area contributed by atoms with Crippen LogP contribution in [0.2, 0.25) is 10.0 Å². The Balaban J connectivity index is 0.817. The molecule has 0 aromatic heterocycles. The smallest absolute Gasteiger partial charge is 0.255 e. The van der Waals surface area contributed by atoms with E-state index in [0.29, 0.717) is 64.9 Å². The summed E-state index contributed by atoms with van der Waals surface area (Å²) >= 11 is 12.9. The molecule has 0 radical (unpaired) electrons. The molecule has 5 aliphatic heterocycles. The van der Waals surface area contributed by atoms with Gasteiger partial charge in [0.2, 0.25) is 17.7 Å². The van der Waals surface area contributed by atoms with Gasteiger partial charge in [0.05, 0.1) is 23.9 Å². The van der Waals surface area contributed by atoms with Crippen LogP contribution in [-0.2, 0) is 26.3 Å². The van der Waals surface area contributed by atoms with Gasteiger partial charge in [-0.25, -0.2) is 4.39 Å². The van der Waals surface area contributed by atoms with Crippen LogP contribution in [-0.4, -0.2) is 73.4 Å². The molecule has 1 unspecified atom stereocenters. The first kappa shape index (κ1) is 45.2. The highest BCUT2D eigenvalue weighted by molar-refractivity contribution is 6.31. The van der Waals surface area contributed by atoms with Crippen LogP contribution in [0.4, 0.5) is 21.5 Å². The van der Waals surface area contributed by atoms with Crippen LogP contribution in [0.25, 0.3) is 0 Å². The van der Waals surface area contributed by atoms with E-state index >= 15 is 4.39 Å². The fourth-order valence-corrected chi connectivity index (χ4v) is 12.2. The highest BCUT2D eigenvalue weighted by Gasteiger charge is 2.61. The number of carbonyl (C=O) groups is 4. The van der Waals surface area contributed by atoms with Crippen LogP contribution >= 0.6 is 23.2 Å². The molecule has 4 amide bonds. The van der Waals surface area contributed by atoms with Crippen molar-refractivity contribution in [2.75, 3.05) is 42.3 Å². The maximum Gasteiger partial charge on any atom is 0.255 e. The van der Waals surface area contributed by atoms with Gasteiger partial charge in [-0.1, -0.05) is 80.1 Å². The number of nitrogens with zero attached hydrogens (tertiary/aromatic N) is 2. The predicted molar refractivity (Wildman–Crippen MR) is 258 cm³/mol. The lowest BCUT2D eigenvalue weighted by Gasteiger charge is -2.39. The number of benzene rings is 4. The molecule has 3 saturated heterocycles. The average Bonchev–Trinajstić information content (AvgIpc) is 3.73. The Bertz CT molecular complexity index is 2760. The molecule has 4 aromatic rings. The molecule has 348 valence electrons. The number of halogens is 3. The Morgan fingerprint density at radius 3 is 2.55 bits per heavy atom. The predicted octanol–water partition coefficient (Wildman–Crippen LogP) is 8.67. The van der Waals surface area contributed by atoms with Crippen LogP contribution in [0.3, 0.4) is 0 Å². The van der Waals surface area contributed by atoms with Crippen molar-refractivity contribution in [2.45, 2.75) is 95.3 Å². The summed E-state index contributed by atoms with van der Waals surface area (Å²) in [5.74, 6) is 6.43. The summed E-state index contributed by atoms with van der Waals surface area (Å²) in [5, 5.41) is 13.5. The normalized spacial score (nSPS) is 26.7. The van der Waals surface area contributed by atoms with Crippen molar-refractivity contribution in [2.24, 2.45) is 23.2 Å². The molecule has 6 aliphatic rings. The minimum Gasteiger partial charge on any atom is -0.494 e. The second-order valence-electron chi connectivity index (χ2n) is 20.4. The van der Waals surface area contributed by atoms with E-state index < -0.39 is 35.1 Å². The Kier molecular flexibility index (Phi) is 11.8. The second-order valence-corrected chi connectivity index (χ2v) is 21.2. The number of anilines is 3.